The Morgan fingerprint density at radius 1 is 1.04 bits per heavy atom. The Morgan fingerprint density at radius 2 is 1.54 bits per heavy atom. The molecule has 0 bridgehead atoms. The second-order valence-electron chi connectivity index (χ2n) is 5.51. The molecule has 0 aromatic heterocycles. The van der Waals surface area contributed by atoms with Gasteiger partial charge >= 0.3 is 12.1 Å². The molecule has 1 unspecified atom stereocenters. The maximum Gasteiger partial charge on any atom is 0.416 e. The third kappa shape index (κ3) is 5.06. The van der Waals surface area contributed by atoms with Crippen molar-refractivity contribution in [3.8, 4) is 11.1 Å². The second kappa shape index (κ2) is 8.01. The summed E-state index contributed by atoms with van der Waals surface area (Å²) in [6, 6.07) is 11.0. The van der Waals surface area contributed by atoms with Crippen LogP contribution in [0.15, 0.2) is 48.5 Å². The summed E-state index contributed by atoms with van der Waals surface area (Å²) in [7, 11) is 1.22. The third-order valence-electron chi connectivity index (χ3n) is 3.62. The number of ether oxygens (including phenoxy) is 1. The number of nitrogens with one attached hydrogen (secondary N) is 1. The summed E-state index contributed by atoms with van der Waals surface area (Å²) >= 11 is 0. The molecule has 8 heteroatoms. The number of methoxy groups -OCH3 is 1. The van der Waals surface area contributed by atoms with E-state index in [0.29, 0.717) is 16.7 Å². The Hall–Kier alpha value is -2.87. The molecule has 0 saturated heterocycles. The largest absolute Gasteiger partial charge is 0.469 e. The van der Waals surface area contributed by atoms with E-state index in [1.165, 1.54) is 31.4 Å². The lowest BCUT2D eigenvalue weighted by Crippen LogP contribution is -2.43. The number of rotatable bonds is 5. The molecule has 0 radical (unpaired) electrons. The highest BCUT2D eigenvalue weighted by molar-refractivity contribution is 5.95. The van der Waals surface area contributed by atoms with Crippen molar-refractivity contribution in [1.29, 1.82) is 0 Å². The molecular formula is C18H17F3N2O3. The van der Waals surface area contributed by atoms with Crippen LogP contribution < -0.4 is 11.1 Å². The molecule has 1 amide bonds. The van der Waals surface area contributed by atoms with Crippen molar-refractivity contribution in [1.82, 2.24) is 5.32 Å². The smallest absolute Gasteiger partial charge is 0.416 e. The zero-order valence-corrected chi connectivity index (χ0v) is 13.8. The topological polar surface area (TPSA) is 81.4 Å². The molecule has 0 spiro atoms. The first-order valence-electron chi connectivity index (χ1n) is 7.61. The Balaban J connectivity index is 2.05. The molecule has 0 heterocycles. The van der Waals surface area contributed by atoms with Gasteiger partial charge in [-0.15, -0.1) is 0 Å². The second-order valence-corrected chi connectivity index (χ2v) is 5.51. The van der Waals surface area contributed by atoms with Crippen LogP contribution in [0, 0.1) is 0 Å². The molecule has 1 atom stereocenters. The molecule has 26 heavy (non-hydrogen) atoms. The lowest BCUT2D eigenvalue weighted by Gasteiger charge is -2.13. The Morgan fingerprint density at radius 3 is 2.00 bits per heavy atom. The number of amides is 1. The van der Waals surface area contributed by atoms with E-state index in [1.807, 2.05) is 0 Å². The maximum atomic E-state index is 12.6. The molecule has 0 aliphatic heterocycles. The van der Waals surface area contributed by atoms with Crippen LogP contribution in [-0.4, -0.2) is 25.2 Å². The highest BCUT2D eigenvalue weighted by atomic mass is 19.4. The predicted molar refractivity (Wildman–Crippen MR) is 89.0 cm³/mol. The van der Waals surface area contributed by atoms with Gasteiger partial charge in [-0.3, -0.25) is 9.59 Å². The number of esters is 1. The van der Waals surface area contributed by atoms with E-state index in [9.17, 15) is 22.8 Å². The zero-order chi connectivity index (χ0) is 19.3. The summed E-state index contributed by atoms with van der Waals surface area (Å²) in [6.45, 7) is 0. The number of hydrogen-bond donors (Lipinski definition) is 2. The SMILES string of the molecule is COC(=O)CC(N)NC(=O)c1ccc(-c2ccc(C(F)(F)F)cc2)cc1. The fourth-order valence-corrected chi connectivity index (χ4v) is 2.23. The zero-order valence-electron chi connectivity index (χ0n) is 13.8. The van der Waals surface area contributed by atoms with Gasteiger partial charge in [0.05, 0.1) is 25.3 Å². The highest BCUT2D eigenvalue weighted by Crippen LogP contribution is 2.31. The lowest BCUT2D eigenvalue weighted by atomic mass is 10.0. The monoisotopic (exact) mass is 366 g/mol. The summed E-state index contributed by atoms with van der Waals surface area (Å²) in [4.78, 5) is 23.2. The van der Waals surface area contributed by atoms with Gasteiger partial charge in [0.1, 0.15) is 0 Å². The van der Waals surface area contributed by atoms with E-state index in [0.717, 1.165) is 12.1 Å². The normalized spacial score (nSPS) is 12.3. The van der Waals surface area contributed by atoms with Crippen molar-refractivity contribution < 1.29 is 27.5 Å². The fourth-order valence-electron chi connectivity index (χ4n) is 2.23. The maximum absolute atomic E-state index is 12.6. The summed E-state index contributed by atoms with van der Waals surface area (Å²) in [6.07, 6.45) is -5.43. The summed E-state index contributed by atoms with van der Waals surface area (Å²) in [5, 5.41) is 2.46. The van der Waals surface area contributed by atoms with E-state index >= 15 is 0 Å². The molecule has 0 aliphatic rings. The molecular weight excluding hydrogens is 349 g/mol. The standard InChI is InChI=1S/C18H17F3N2O3/c1-26-16(24)10-15(22)23-17(25)13-4-2-11(3-5-13)12-6-8-14(9-7-12)18(19,20)21/h2-9,15H,10,22H2,1H3,(H,23,25). The van der Waals surface area contributed by atoms with Gasteiger partial charge in [0.15, 0.2) is 0 Å². The van der Waals surface area contributed by atoms with Gasteiger partial charge < -0.3 is 15.8 Å². The van der Waals surface area contributed by atoms with Crippen molar-refractivity contribution in [2.45, 2.75) is 18.8 Å². The van der Waals surface area contributed by atoms with Crippen molar-refractivity contribution in [3.05, 3.63) is 59.7 Å². The Bertz CT molecular complexity index is 772. The lowest BCUT2D eigenvalue weighted by molar-refractivity contribution is -0.141. The van der Waals surface area contributed by atoms with Gasteiger partial charge in [-0.1, -0.05) is 24.3 Å². The van der Waals surface area contributed by atoms with E-state index in [-0.39, 0.29) is 6.42 Å². The molecule has 0 fully saturated rings. The first-order chi connectivity index (χ1) is 12.2. The molecule has 5 nitrogen and oxygen atoms in total. The first-order valence-corrected chi connectivity index (χ1v) is 7.61. The summed E-state index contributed by atoms with van der Waals surface area (Å²) < 4.78 is 42.2. The number of benzene rings is 2. The van der Waals surface area contributed by atoms with E-state index in [1.54, 1.807) is 12.1 Å². The third-order valence-corrected chi connectivity index (χ3v) is 3.62. The molecule has 3 N–H and O–H groups in total. The average Bonchev–Trinajstić information content (AvgIpc) is 2.61. The van der Waals surface area contributed by atoms with Crippen LogP contribution in [0.1, 0.15) is 22.3 Å². The number of halogens is 3. The quantitative estimate of drug-likeness (QED) is 0.630. The van der Waals surface area contributed by atoms with Crippen LogP contribution >= 0.6 is 0 Å². The van der Waals surface area contributed by atoms with Gasteiger partial charge in [0, 0.05) is 5.56 Å². The molecule has 138 valence electrons. The number of hydrogen-bond acceptors (Lipinski definition) is 4. The molecule has 2 rings (SSSR count). The van der Waals surface area contributed by atoms with E-state index in [4.69, 9.17) is 5.73 Å². The van der Waals surface area contributed by atoms with Gasteiger partial charge in [-0.05, 0) is 35.4 Å². The van der Waals surface area contributed by atoms with Crippen LogP contribution in [-0.2, 0) is 15.7 Å². The fraction of sp³-hybridized carbons (Fsp3) is 0.222. The molecule has 0 aliphatic carbocycles. The van der Waals surface area contributed by atoms with Crippen LogP contribution in [0.5, 0.6) is 0 Å². The van der Waals surface area contributed by atoms with Gasteiger partial charge in [0.2, 0.25) is 0 Å². The Kier molecular flexibility index (Phi) is 5.99. The van der Waals surface area contributed by atoms with Crippen LogP contribution in [0.3, 0.4) is 0 Å². The van der Waals surface area contributed by atoms with Gasteiger partial charge in [0.25, 0.3) is 5.91 Å². The molecule has 0 saturated carbocycles. The first kappa shape index (κ1) is 19.5. The summed E-state index contributed by atoms with van der Waals surface area (Å²) in [5.41, 5.74) is 6.47. The predicted octanol–water partition coefficient (Wildman–Crippen LogP) is 2.95. The number of alkyl halides is 3. The number of carbonyl (C=O) groups is 2. The van der Waals surface area contributed by atoms with Crippen LogP contribution in [0.4, 0.5) is 13.2 Å². The molecule has 2 aromatic carbocycles. The number of nitrogens with two attached hydrogens (primary N) is 1. The number of carbonyl (C=O) groups excluding carboxylic acids is 2. The minimum absolute atomic E-state index is 0.161. The molecule has 2 aromatic rings. The van der Waals surface area contributed by atoms with Gasteiger partial charge in [-0.25, -0.2) is 0 Å². The van der Waals surface area contributed by atoms with Gasteiger partial charge in [-0.2, -0.15) is 13.2 Å². The van der Waals surface area contributed by atoms with Crippen molar-refractivity contribution >= 4 is 11.9 Å². The minimum Gasteiger partial charge on any atom is -0.469 e. The Labute approximate surface area is 148 Å². The van der Waals surface area contributed by atoms with Crippen LogP contribution in [0.25, 0.3) is 11.1 Å². The van der Waals surface area contributed by atoms with Crippen molar-refractivity contribution in [2.24, 2.45) is 5.73 Å². The van der Waals surface area contributed by atoms with Crippen molar-refractivity contribution in [2.75, 3.05) is 7.11 Å². The summed E-state index contributed by atoms with van der Waals surface area (Å²) in [5.74, 6) is -1.02. The highest BCUT2D eigenvalue weighted by Gasteiger charge is 2.29. The average molecular weight is 366 g/mol. The minimum atomic E-state index is -4.39. The van der Waals surface area contributed by atoms with Crippen LogP contribution in [0.2, 0.25) is 0 Å². The van der Waals surface area contributed by atoms with E-state index in [2.05, 4.69) is 10.1 Å². The van der Waals surface area contributed by atoms with Crippen molar-refractivity contribution in [3.63, 3.8) is 0 Å². The van der Waals surface area contributed by atoms with E-state index < -0.39 is 29.8 Å².